The minimum absolute atomic E-state index is 0.137. The number of urea groups is 1. The van der Waals surface area contributed by atoms with Gasteiger partial charge in [0.25, 0.3) is 0 Å². The summed E-state index contributed by atoms with van der Waals surface area (Å²) in [5.74, 6) is -6.67. The monoisotopic (exact) mass is 619 g/mol. The summed E-state index contributed by atoms with van der Waals surface area (Å²) in [7, 11) is 0. The number of azide groups is 1. The van der Waals surface area contributed by atoms with Crippen molar-refractivity contribution < 1.29 is 44.1 Å². The molecule has 2 rings (SSSR count). The normalized spacial score (nSPS) is 15.7. The third-order valence-corrected chi connectivity index (χ3v) is 7.42. The summed E-state index contributed by atoms with van der Waals surface area (Å²) in [5.41, 5.74) is 7.63. The molecule has 0 saturated carbocycles. The zero-order valence-electron chi connectivity index (χ0n) is 23.6. The van der Waals surface area contributed by atoms with Crippen LogP contribution >= 0.6 is 12.2 Å². The fourth-order valence-corrected chi connectivity index (χ4v) is 4.96. The Morgan fingerprint density at radius 1 is 0.953 bits per heavy atom. The van der Waals surface area contributed by atoms with E-state index in [0.717, 1.165) is 0 Å². The van der Waals surface area contributed by atoms with E-state index in [-0.39, 0.29) is 30.8 Å². The molecule has 1 aliphatic rings. The Labute approximate surface area is 251 Å². The van der Waals surface area contributed by atoms with E-state index in [4.69, 9.17) is 22.9 Å². The third-order valence-electron chi connectivity index (χ3n) is 7.18. The molecule has 0 unspecified atom stereocenters. The van der Waals surface area contributed by atoms with Crippen molar-refractivity contribution in [2.75, 3.05) is 11.9 Å². The number of hydrogen-bond donors (Lipinski definition) is 5. The minimum Gasteiger partial charge on any atom is -0.481 e. The lowest BCUT2D eigenvalue weighted by atomic mass is 9.77. The fraction of sp³-hybridized carbons (Fsp3) is 0.500. The van der Waals surface area contributed by atoms with Gasteiger partial charge in [0, 0.05) is 29.3 Å². The molecule has 0 aliphatic carbocycles. The van der Waals surface area contributed by atoms with E-state index < -0.39 is 66.1 Å². The molecule has 1 fully saturated rings. The topological polar surface area (TPSA) is 242 Å². The zero-order chi connectivity index (χ0) is 32.3. The third kappa shape index (κ3) is 8.17. The van der Waals surface area contributed by atoms with Crippen molar-refractivity contribution in [1.29, 1.82) is 0 Å². The van der Waals surface area contributed by atoms with Gasteiger partial charge in [-0.2, -0.15) is 0 Å². The highest BCUT2D eigenvalue weighted by Gasteiger charge is 2.59. The number of unbranched alkanes of at least 4 members (excludes halogenated alkanes) is 1. The number of carboxylic acids is 3. The second kappa shape index (κ2) is 15.5. The number of benzene rings is 1. The maximum Gasteiger partial charge on any atom is 0.335 e. The Bertz CT molecular complexity index is 1310. The van der Waals surface area contributed by atoms with Gasteiger partial charge in [-0.15, -0.1) is 0 Å². The zero-order valence-corrected chi connectivity index (χ0v) is 24.4. The lowest BCUT2D eigenvalue weighted by Crippen LogP contribution is -2.70. The van der Waals surface area contributed by atoms with E-state index >= 15 is 0 Å². The minimum atomic E-state index is -1.91. The molecule has 0 radical (unpaired) electrons. The molecular weight excluding hydrogens is 586 g/mol. The van der Waals surface area contributed by atoms with Crippen LogP contribution in [0.15, 0.2) is 29.4 Å². The highest BCUT2D eigenvalue weighted by atomic mass is 32.1. The first-order valence-electron chi connectivity index (χ1n) is 13.4. The van der Waals surface area contributed by atoms with Crippen LogP contribution in [-0.2, 0) is 24.0 Å². The number of amides is 4. The van der Waals surface area contributed by atoms with Crippen molar-refractivity contribution in [3.05, 3.63) is 34.7 Å². The predicted molar refractivity (Wildman–Crippen MR) is 155 cm³/mol. The molecule has 43 heavy (non-hydrogen) atoms. The lowest BCUT2D eigenvalue weighted by molar-refractivity contribution is -0.170. The van der Waals surface area contributed by atoms with Gasteiger partial charge in [-0.1, -0.05) is 31.1 Å². The smallest absolute Gasteiger partial charge is 0.335 e. The molecule has 1 saturated heterocycles. The predicted octanol–water partition coefficient (Wildman–Crippen LogP) is 3.45. The number of thiocarbonyl (C=S) groups is 1. The first-order valence-corrected chi connectivity index (χ1v) is 13.8. The number of anilines is 1. The number of hydrogen-bond acceptors (Lipinski definition) is 8. The van der Waals surface area contributed by atoms with Gasteiger partial charge < -0.3 is 26.0 Å². The SMILES string of the molecule is CCC1(CC)C(=O)N([C@@H](CCCCNC(=S)Nc2ccc(N=[N+]=[N-])cc2)C(=O)O)C(=O)N([C@@H](CCC(=O)O)C(=O)O)C1=O. The van der Waals surface area contributed by atoms with Crippen molar-refractivity contribution in [3.63, 3.8) is 0 Å². The molecule has 16 nitrogen and oxygen atoms in total. The van der Waals surface area contributed by atoms with E-state index in [1.807, 2.05) is 0 Å². The average molecular weight is 620 g/mol. The molecule has 232 valence electrons. The highest BCUT2D eigenvalue weighted by Crippen LogP contribution is 2.39. The summed E-state index contributed by atoms with van der Waals surface area (Å²) in [5, 5.41) is 38.4. The maximum atomic E-state index is 13.6. The van der Waals surface area contributed by atoms with Crippen LogP contribution < -0.4 is 10.6 Å². The van der Waals surface area contributed by atoms with E-state index in [2.05, 4.69) is 20.7 Å². The van der Waals surface area contributed by atoms with Gasteiger partial charge in [0.05, 0.1) is 0 Å². The molecule has 1 aromatic rings. The summed E-state index contributed by atoms with van der Waals surface area (Å²) >= 11 is 5.24. The molecule has 0 spiro atoms. The molecule has 5 N–H and O–H groups in total. The van der Waals surface area contributed by atoms with Crippen LogP contribution in [0, 0.1) is 5.41 Å². The van der Waals surface area contributed by atoms with Gasteiger partial charge in [-0.25, -0.2) is 24.2 Å². The summed E-state index contributed by atoms with van der Waals surface area (Å²) in [6.07, 6.45) is -1.21. The standard InChI is InChI=1S/C26H33N7O9S/c1-3-26(4-2)22(40)32(25(42)33(23(26)41)18(21(38)39)12-13-19(34)35)17(20(36)37)7-5-6-14-28-24(43)29-15-8-10-16(11-9-15)30-31-27/h8-11,17-18H,3-7,12-14H2,1-2H3,(H,34,35)(H,36,37)(H,38,39)(H2,28,29,43)/t17-,18-/m0/s1. The Morgan fingerprint density at radius 3 is 1.95 bits per heavy atom. The van der Waals surface area contributed by atoms with Crippen molar-refractivity contribution in [2.45, 2.75) is 70.9 Å². The number of aliphatic carboxylic acids is 3. The van der Waals surface area contributed by atoms with Gasteiger partial charge in [0.2, 0.25) is 11.8 Å². The van der Waals surface area contributed by atoms with E-state index in [1.165, 1.54) is 13.8 Å². The van der Waals surface area contributed by atoms with Crippen molar-refractivity contribution >= 4 is 64.5 Å². The number of carbonyl (C=O) groups is 6. The summed E-state index contributed by atoms with van der Waals surface area (Å²) in [6.45, 7) is 3.28. The quantitative estimate of drug-likeness (QED) is 0.0446. The molecule has 1 aliphatic heterocycles. The van der Waals surface area contributed by atoms with Crippen LogP contribution in [0.1, 0.15) is 58.8 Å². The lowest BCUT2D eigenvalue weighted by Gasteiger charge is -2.46. The van der Waals surface area contributed by atoms with Crippen molar-refractivity contribution in [1.82, 2.24) is 15.1 Å². The number of rotatable bonds is 16. The average Bonchev–Trinajstić information content (AvgIpc) is 2.95. The molecular formula is C26H33N7O9S. The largest absolute Gasteiger partial charge is 0.481 e. The van der Waals surface area contributed by atoms with Crippen LogP contribution in [0.25, 0.3) is 10.4 Å². The second-order valence-electron chi connectivity index (χ2n) is 9.68. The maximum absolute atomic E-state index is 13.6. The van der Waals surface area contributed by atoms with E-state index in [0.29, 0.717) is 34.1 Å². The van der Waals surface area contributed by atoms with Crippen LogP contribution in [0.2, 0.25) is 0 Å². The van der Waals surface area contributed by atoms with Crippen LogP contribution in [0.4, 0.5) is 16.2 Å². The number of carboxylic acid groups (broad SMARTS) is 3. The first-order chi connectivity index (χ1) is 20.3. The Balaban J connectivity index is 2.17. The number of nitrogens with zero attached hydrogens (tertiary/aromatic N) is 5. The molecule has 17 heteroatoms. The van der Waals surface area contributed by atoms with E-state index in [1.54, 1.807) is 24.3 Å². The highest BCUT2D eigenvalue weighted by molar-refractivity contribution is 7.80. The molecule has 1 aromatic carbocycles. The van der Waals surface area contributed by atoms with Crippen LogP contribution in [0.3, 0.4) is 0 Å². The second-order valence-corrected chi connectivity index (χ2v) is 10.1. The Kier molecular flexibility index (Phi) is 12.4. The van der Waals surface area contributed by atoms with Gasteiger partial charge in [-0.3, -0.25) is 14.4 Å². The number of carbonyl (C=O) groups excluding carboxylic acids is 3. The van der Waals surface area contributed by atoms with Crippen LogP contribution in [0.5, 0.6) is 0 Å². The summed E-state index contributed by atoms with van der Waals surface area (Å²) in [6, 6.07) is 1.45. The molecule has 2 atom stereocenters. The van der Waals surface area contributed by atoms with E-state index in [9.17, 15) is 39.0 Å². The first kappa shape index (κ1) is 34.4. The fourth-order valence-electron chi connectivity index (χ4n) is 4.74. The molecule has 4 amide bonds. The van der Waals surface area contributed by atoms with Gasteiger partial charge in [0.15, 0.2) is 5.11 Å². The Morgan fingerprint density at radius 2 is 1.49 bits per heavy atom. The molecule has 1 heterocycles. The molecule has 0 aromatic heterocycles. The summed E-state index contributed by atoms with van der Waals surface area (Å²) < 4.78 is 0. The van der Waals surface area contributed by atoms with Crippen LogP contribution in [-0.4, -0.2) is 84.6 Å². The Hall–Kier alpha value is -4.76. The van der Waals surface area contributed by atoms with Gasteiger partial charge in [-0.05, 0) is 68.4 Å². The van der Waals surface area contributed by atoms with Crippen molar-refractivity contribution in [2.24, 2.45) is 10.5 Å². The van der Waals surface area contributed by atoms with Gasteiger partial charge in [0.1, 0.15) is 17.5 Å². The number of imide groups is 2. The number of nitrogens with one attached hydrogen (secondary N) is 2. The number of barbiturate groups is 1. The van der Waals surface area contributed by atoms with Crippen molar-refractivity contribution in [3.8, 4) is 0 Å². The summed E-state index contributed by atoms with van der Waals surface area (Å²) in [4.78, 5) is 79.4. The van der Waals surface area contributed by atoms with Gasteiger partial charge >= 0.3 is 23.9 Å². The molecule has 0 bridgehead atoms.